The predicted octanol–water partition coefficient (Wildman–Crippen LogP) is 4.21. The van der Waals surface area contributed by atoms with E-state index in [4.69, 9.17) is 10.7 Å². The third kappa shape index (κ3) is 6.05. The molecule has 3 N–H and O–H groups in total. The molecule has 0 atom stereocenters. The summed E-state index contributed by atoms with van der Waals surface area (Å²) in [6, 6.07) is 7.42. The number of hydrogen-bond donors (Lipinski definition) is 2. The van der Waals surface area contributed by atoms with Gasteiger partial charge in [0.05, 0.1) is 33.2 Å². The van der Waals surface area contributed by atoms with Crippen molar-refractivity contribution in [1.29, 1.82) is 0 Å². The van der Waals surface area contributed by atoms with Crippen LogP contribution in [-0.4, -0.2) is 55.4 Å². The monoisotopic (exact) mass is 624 g/mol. The van der Waals surface area contributed by atoms with Gasteiger partial charge in [-0.25, -0.2) is 49.3 Å². The number of rotatable bonds is 7. The van der Waals surface area contributed by atoms with Gasteiger partial charge < -0.3 is 5.73 Å². The molecule has 5 rings (SSSR count). The Morgan fingerprint density at radius 1 is 1.02 bits per heavy atom. The molecule has 0 spiro atoms. The SMILES string of the molecule is CS(=O)(=O)N1CCC(c2nc(-c3cccc(NS(=O)(=O)c4cc(F)ccc4F)c3F)c(-c3ccnc(N)n3)s2)CC1. The quantitative estimate of drug-likeness (QED) is 0.311. The van der Waals surface area contributed by atoms with Crippen molar-refractivity contribution < 1.29 is 30.0 Å². The van der Waals surface area contributed by atoms with Crippen molar-refractivity contribution in [1.82, 2.24) is 19.3 Å². The maximum atomic E-state index is 15.9. The Balaban J connectivity index is 1.56. The fraction of sp³-hybridized carbons (Fsp3) is 0.240. The van der Waals surface area contributed by atoms with Gasteiger partial charge in [-0.1, -0.05) is 6.07 Å². The third-order valence-corrected chi connectivity index (χ3v) is 10.4. The summed E-state index contributed by atoms with van der Waals surface area (Å²) >= 11 is 1.24. The predicted molar refractivity (Wildman–Crippen MR) is 149 cm³/mol. The number of anilines is 2. The van der Waals surface area contributed by atoms with E-state index in [1.165, 1.54) is 34.0 Å². The van der Waals surface area contributed by atoms with Gasteiger partial charge in [-0.15, -0.1) is 11.3 Å². The number of piperidine rings is 1. The van der Waals surface area contributed by atoms with Gasteiger partial charge >= 0.3 is 0 Å². The minimum Gasteiger partial charge on any atom is -0.368 e. The summed E-state index contributed by atoms with van der Waals surface area (Å²) in [6.07, 6.45) is 3.57. The summed E-state index contributed by atoms with van der Waals surface area (Å²) in [4.78, 5) is 12.3. The lowest BCUT2D eigenvalue weighted by Crippen LogP contribution is -2.37. The van der Waals surface area contributed by atoms with E-state index in [0.29, 0.717) is 53.6 Å². The van der Waals surface area contributed by atoms with Crippen LogP contribution in [0, 0.1) is 17.5 Å². The van der Waals surface area contributed by atoms with Crippen molar-refractivity contribution in [3.8, 4) is 21.8 Å². The average Bonchev–Trinajstić information content (AvgIpc) is 3.36. The molecular weight excluding hydrogens is 602 g/mol. The normalized spacial score (nSPS) is 15.2. The smallest absolute Gasteiger partial charge is 0.265 e. The molecule has 0 unspecified atom stereocenters. The van der Waals surface area contributed by atoms with Crippen LogP contribution < -0.4 is 10.5 Å². The number of thiazole rings is 1. The van der Waals surface area contributed by atoms with Gasteiger partial charge in [-0.3, -0.25) is 4.72 Å². The number of hydrogen-bond acceptors (Lipinski definition) is 9. The average molecular weight is 625 g/mol. The Hall–Kier alpha value is -3.60. The summed E-state index contributed by atoms with van der Waals surface area (Å²) in [6.45, 7) is 0.604. The van der Waals surface area contributed by atoms with E-state index in [-0.39, 0.29) is 23.1 Å². The van der Waals surface area contributed by atoms with E-state index in [1.807, 2.05) is 4.72 Å². The van der Waals surface area contributed by atoms with Crippen LogP contribution in [0.5, 0.6) is 0 Å². The maximum Gasteiger partial charge on any atom is 0.265 e. The second-order valence-corrected chi connectivity index (χ2v) is 14.0. The first-order valence-electron chi connectivity index (χ1n) is 12.1. The topological polar surface area (TPSA) is 148 Å². The molecule has 0 saturated carbocycles. The molecule has 10 nitrogen and oxygen atoms in total. The minimum absolute atomic E-state index is 0.0241. The minimum atomic E-state index is -4.70. The van der Waals surface area contributed by atoms with Crippen molar-refractivity contribution in [3.05, 3.63) is 71.1 Å². The number of halogens is 3. The number of nitrogens with one attached hydrogen (secondary N) is 1. The number of sulfonamides is 2. The molecule has 3 heterocycles. The van der Waals surface area contributed by atoms with Gasteiger partial charge in [-0.2, -0.15) is 0 Å². The number of aromatic nitrogens is 3. The second kappa shape index (κ2) is 11.0. The molecule has 1 aliphatic heterocycles. The van der Waals surface area contributed by atoms with E-state index < -0.39 is 48.1 Å². The highest BCUT2D eigenvalue weighted by atomic mass is 32.2. The van der Waals surface area contributed by atoms with Crippen LogP contribution in [0.4, 0.5) is 24.8 Å². The summed E-state index contributed by atoms with van der Waals surface area (Å²) in [5, 5.41) is 0.618. The zero-order chi connectivity index (χ0) is 29.5. The molecular formula is C25H23F3N6O4S3. The lowest BCUT2D eigenvalue weighted by molar-refractivity contribution is 0.321. The Morgan fingerprint density at radius 3 is 2.44 bits per heavy atom. The van der Waals surface area contributed by atoms with Crippen molar-refractivity contribution in [2.24, 2.45) is 0 Å². The zero-order valence-corrected chi connectivity index (χ0v) is 23.8. The summed E-state index contributed by atoms with van der Waals surface area (Å²) in [5.41, 5.74) is 5.72. The van der Waals surface area contributed by atoms with Crippen LogP contribution in [0.3, 0.4) is 0 Å². The molecule has 0 radical (unpaired) electrons. The van der Waals surface area contributed by atoms with Gasteiger partial charge in [0.25, 0.3) is 10.0 Å². The molecule has 16 heteroatoms. The first-order valence-corrected chi connectivity index (χ1v) is 16.3. The molecule has 0 amide bonds. The van der Waals surface area contributed by atoms with Crippen LogP contribution in [0.15, 0.2) is 53.6 Å². The largest absolute Gasteiger partial charge is 0.368 e. The number of nitrogens with two attached hydrogens (primary N) is 1. The molecule has 1 fully saturated rings. The Labute approximate surface area is 238 Å². The lowest BCUT2D eigenvalue weighted by Gasteiger charge is -2.29. The highest BCUT2D eigenvalue weighted by molar-refractivity contribution is 7.92. The van der Waals surface area contributed by atoms with E-state index in [9.17, 15) is 25.6 Å². The molecule has 4 aromatic rings. The number of nitrogens with zero attached hydrogens (tertiary/aromatic N) is 4. The maximum absolute atomic E-state index is 15.9. The first-order chi connectivity index (χ1) is 19.3. The molecule has 41 heavy (non-hydrogen) atoms. The summed E-state index contributed by atoms with van der Waals surface area (Å²) in [7, 11) is -8.04. The van der Waals surface area contributed by atoms with Gasteiger partial charge in [0, 0.05) is 30.8 Å². The van der Waals surface area contributed by atoms with Gasteiger partial charge in [-0.05, 0) is 49.2 Å². The van der Waals surface area contributed by atoms with Crippen molar-refractivity contribution in [2.45, 2.75) is 23.7 Å². The molecule has 1 aliphatic rings. The van der Waals surface area contributed by atoms with Crippen LogP contribution in [0.2, 0.25) is 0 Å². The van der Waals surface area contributed by atoms with Crippen molar-refractivity contribution in [3.63, 3.8) is 0 Å². The van der Waals surface area contributed by atoms with Crippen LogP contribution in [0.25, 0.3) is 21.8 Å². The van der Waals surface area contributed by atoms with Crippen LogP contribution in [-0.2, 0) is 20.0 Å². The van der Waals surface area contributed by atoms with Gasteiger partial charge in [0.1, 0.15) is 16.5 Å². The molecule has 0 bridgehead atoms. The fourth-order valence-corrected chi connectivity index (χ4v) is 7.72. The molecule has 0 aliphatic carbocycles. The Morgan fingerprint density at radius 2 is 1.76 bits per heavy atom. The fourth-order valence-electron chi connectivity index (χ4n) is 4.48. The summed E-state index contributed by atoms with van der Waals surface area (Å²) in [5.74, 6) is -3.33. The van der Waals surface area contributed by atoms with Crippen molar-refractivity contribution >= 4 is 43.0 Å². The second-order valence-electron chi connectivity index (χ2n) is 9.31. The number of benzene rings is 2. The van der Waals surface area contributed by atoms with E-state index in [1.54, 1.807) is 6.07 Å². The Kier molecular flexibility index (Phi) is 7.76. The standard InChI is InChI=1S/C25H23F3N6O4S3/c1-40(35,36)34-11-8-14(9-12-34)24-32-22(23(39-24)19-7-10-30-25(29)31-19)16-3-2-4-18(21(16)28)33-41(37,38)20-13-15(26)5-6-17(20)27/h2-7,10,13-14,33H,8-9,11-12H2,1H3,(H2,29,30,31). The summed E-state index contributed by atoms with van der Waals surface area (Å²) < 4.78 is 96.7. The highest BCUT2D eigenvalue weighted by Gasteiger charge is 2.30. The zero-order valence-electron chi connectivity index (χ0n) is 21.4. The van der Waals surface area contributed by atoms with E-state index in [2.05, 4.69) is 9.97 Å². The first kappa shape index (κ1) is 28.9. The van der Waals surface area contributed by atoms with Gasteiger partial charge in [0.2, 0.25) is 16.0 Å². The lowest BCUT2D eigenvalue weighted by atomic mass is 9.99. The van der Waals surface area contributed by atoms with E-state index >= 15 is 4.39 Å². The van der Waals surface area contributed by atoms with E-state index in [0.717, 1.165) is 18.4 Å². The third-order valence-electron chi connectivity index (χ3n) is 6.50. The number of nitrogen functional groups attached to an aromatic ring is 1. The van der Waals surface area contributed by atoms with Crippen LogP contribution >= 0.6 is 11.3 Å². The molecule has 1 saturated heterocycles. The van der Waals surface area contributed by atoms with Gasteiger partial charge in [0.15, 0.2) is 5.82 Å². The Bertz CT molecular complexity index is 1840. The molecule has 216 valence electrons. The molecule has 2 aromatic heterocycles. The highest BCUT2D eigenvalue weighted by Crippen LogP contribution is 2.43. The molecule has 2 aromatic carbocycles. The van der Waals surface area contributed by atoms with Crippen molar-refractivity contribution in [2.75, 3.05) is 29.8 Å². The van der Waals surface area contributed by atoms with Crippen LogP contribution in [0.1, 0.15) is 23.8 Å².